The van der Waals surface area contributed by atoms with Crippen molar-refractivity contribution in [1.82, 2.24) is 0 Å². The van der Waals surface area contributed by atoms with E-state index < -0.39 is 12.1 Å². The number of amides is 1. The molecule has 23 heavy (non-hydrogen) atoms. The summed E-state index contributed by atoms with van der Waals surface area (Å²) in [6, 6.07) is 16.3. The number of aliphatic carboxylic acids is 1. The number of hydrogen-bond acceptors (Lipinski definition) is 3. The molecular formula is C18H17NO4. The number of ether oxygens (including phenoxy) is 1. The first-order valence-electron chi connectivity index (χ1n) is 7.06. The van der Waals surface area contributed by atoms with Crippen LogP contribution in [0.1, 0.15) is 17.5 Å². The Kier molecular flexibility index (Phi) is 5.52. The van der Waals surface area contributed by atoms with Gasteiger partial charge < -0.3 is 9.84 Å². The van der Waals surface area contributed by atoms with Crippen LogP contribution >= 0.6 is 0 Å². The molecule has 0 aliphatic rings. The molecule has 0 fully saturated rings. The summed E-state index contributed by atoms with van der Waals surface area (Å²) < 4.78 is 5.13. The van der Waals surface area contributed by atoms with Crippen molar-refractivity contribution in [3.8, 4) is 0 Å². The number of aryl methyl sites for hydroxylation is 1. The van der Waals surface area contributed by atoms with Crippen molar-refractivity contribution in [3.63, 3.8) is 0 Å². The van der Waals surface area contributed by atoms with Gasteiger partial charge in [-0.25, -0.2) is 4.79 Å². The highest BCUT2D eigenvalue weighted by Crippen LogP contribution is 2.14. The predicted molar refractivity (Wildman–Crippen MR) is 88.0 cm³/mol. The van der Waals surface area contributed by atoms with E-state index in [9.17, 15) is 9.59 Å². The summed E-state index contributed by atoms with van der Waals surface area (Å²) in [5.74, 6) is -1.01. The minimum absolute atomic E-state index is 0.0633. The summed E-state index contributed by atoms with van der Waals surface area (Å²) in [5.41, 5.74) is 2.40. The van der Waals surface area contributed by atoms with E-state index in [1.165, 1.54) is 6.08 Å². The third-order valence-corrected chi connectivity index (χ3v) is 2.97. The fraction of sp³-hybridized carbons (Fsp3) is 0.111. The monoisotopic (exact) mass is 311 g/mol. The fourth-order valence-electron chi connectivity index (χ4n) is 1.90. The molecule has 2 aromatic rings. The molecule has 0 atom stereocenters. The Balaban J connectivity index is 2.08. The molecule has 0 aliphatic heterocycles. The molecule has 2 N–H and O–H groups in total. The molecule has 0 heterocycles. The third-order valence-electron chi connectivity index (χ3n) is 2.97. The predicted octanol–water partition coefficient (Wildman–Crippen LogP) is 4.06. The Bertz CT molecular complexity index is 706. The zero-order chi connectivity index (χ0) is 16.7. The van der Waals surface area contributed by atoms with Crippen molar-refractivity contribution in [2.24, 2.45) is 0 Å². The van der Waals surface area contributed by atoms with Gasteiger partial charge in [0.1, 0.15) is 12.2 Å². The number of carbonyl (C=O) groups is 2. The van der Waals surface area contributed by atoms with E-state index in [-0.39, 0.29) is 12.2 Å². The van der Waals surface area contributed by atoms with Gasteiger partial charge in [-0.1, -0.05) is 48.0 Å². The first-order valence-corrected chi connectivity index (χ1v) is 7.06. The number of carbonyl (C=O) groups excluding carboxylic acids is 1. The molecule has 0 saturated carbocycles. The second kappa shape index (κ2) is 7.79. The zero-order valence-corrected chi connectivity index (χ0v) is 12.7. The summed E-state index contributed by atoms with van der Waals surface area (Å²) in [4.78, 5) is 22.8. The smallest absolute Gasteiger partial charge is 0.416 e. The molecule has 2 aromatic carbocycles. The summed E-state index contributed by atoms with van der Waals surface area (Å²) in [7, 11) is 0. The molecule has 5 nitrogen and oxygen atoms in total. The lowest BCUT2D eigenvalue weighted by Crippen LogP contribution is -2.14. The van der Waals surface area contributed by atoms with Crippen LogP contribution in [0.25, 0.3) is 6.08 Å². The van der Waals surface area contributed by atoms with Crippen molar-refractivity contribution >= 4 is 23.8 Å². The highest BCUT2D eigenvalue weighted by molar-refractivity contribution is 5.86. The molecule has 0 aliphatic carbocycles. The molecule has 118 valence electrons. The maximum atomic E-state index is 11.9. The molecule has 0 bridgehead atoms. The molecule has 0 saturated heterocycles. The first kappa shape index (κ1) is 16.3. The van der Waals surface area contributed by atoms with Crippen LogP contribution in [0, 0.1) is 6.92 Å². The van der Waals surface area contributed by atoms with E-state index >= 15 is 0 Å². The number of carboxylic acids is 1. The van der Waals surface area contributed by atoms with Crippen LogP contribution in [-0.2, 0) is 9.53 Å². The molecule has 5 heteroatoms. The van der Waals surface area contributed by atoms with Crippen LogP contribution in [-0.4, -0.2) is 17.2 Å². The van der Waals surface area contributed by atoms with Crippen molar-refractivity contribution in [2.75, 3.05) is 5.32 Å². The number of rotatable bonds is 5. The SMILES string of the molecule is Cc1ccc(NC(=O)O/C(=C/c2ccccc2)CC(=O)O)cc1. The number of hydrogen-bond donors (Lipinski definition) is 2. The summed E-state index contributed by atoms with van der Waals surface area (Å²) in [6.45, 7) is 1.94. The maximum absolute atomic E-state index is 11.9. The van der Waals surface area contributed by atoms with Crippen LogP contribution in [0.2, 0.25) is 0 Å². The minimum Gasteiger partial charge on any atom is -0.481 e. The Labute approximate surface area is 134 Å². The molecule has 2 rings (SSSR count). The van der Waals surface area contributed by atoms with Gasteiger partial charge in [-0.3, -0.25) is 10.1 Å². The Morgan fingerprint density at radius 3 is 2.35 bits per heavy atom. The quantitative estimate of drug-likeness (QED) is 0.816. The van der Waals surface area contributed by atoms with Gasteiger partial charge in [-0.2, -0.15) is 0 Å². The molecule has 0 radical (unpaired) electrons. The second-order valence-corrected chi connectivity index (χ2v) is 4.97. The highest BCUT2D eigenvalue weighted by Gasteiger charge is 2.11. The Hall–Kier alpha value is -3.08. The fourth-order valence-corrected chi connectivity index (χ4v) is 1.90. The lowest BCUT2D eigenvalue weighted by molar-refractivity contribution is -0.136. The standard InChI is InChI=1S/C18H17NO4/c1-13-7-9-15(10-8-13)19-18(22)23-16(12-17(20)21)11-14-5-3-2-4-6-14/h2-11H,12H2,1H3,(H,19,22)(H,20,21)/b16-11+. The first-order chi connectivity index (χ1) is 11.0. The average Bonchev–Trinajstić information content (AvgIpc) is 2.50. The van der Waals surface area contributed by atoms with Crippen molar-refractivity contribution in [2.45, 2.75) is 13.3 Å². The summed E-state index contributed by atoms with van der Waals surface area (Å²) in [6.07, 6.45) is 0.427. The normalized spacial score (nSPS) is 10.9. The number of anilines is 1. The van der Waals surface area contributed by atoms with E-state index in [1.54, 1.807) is 24.3 Å². The van der Waals surface area contributed by atoms with Crippen LogP contribution in [0.3, 0.4) is 0 Å². The topological polar surface area (TPSA) is 75.6 Å². The van der Waals surface area contributed by atoms with E-state index in [0.717, 1.165) is 11.1 Å². The lowest BCUT2D eigenvalue weighted by atomic mass is 10.2. The van der Waals surface area contributed by atoms with Crippen LogP contribution in [0.4, 0.5) is 10.5 Å². The minimum atomic E-state index is -1.07. The van der Waals surface area contributed by atoms with Gasteiger partial charge in [-0.15, -0.1) is 0 Å². The highest BCUT2D eigenvalue weighted by atomic mass is 16.6. The van der Waals surface area contributed by atoms with Gasteiger partial charge in [0.25, 0.3) is 0 Å². The van der Waals surface area contributed by atoms with E-state index in [1.807, 2.05) is 37.3 Å². The van der Waals surface area contributed by atoms with E-state index in [4.69, 9.17) is 9.84 Å². The molecular weight excluding hydrogens is 294 g/mol. The van der Waals surface area contributed by atoms with Gasteiger partial charge in [0.15, 0.2) is 0 Å². The largest absolute Gasteiger partial charge is 0.481 e. The van der Waals surface area contributed by atoms with Crippen LogP contribution in [0.5, 0.6) is 0 Å². The summed E-state index contributed by atoms with van der Waals surface area (Å²) in [5, 5.41) is 11.5. The van der Waals surface area contributed by atoms with Gasteiger partial charge >= 0.3 is 12.1 Å². The van der Waals surface area contributed by atoms with Gasteiger partial charge in [0.05, 0.1) is 0 Å². The lowest BCUT2D eigenvalue weighted by Gasteiger charge is -2.09. The summed E-state index contributed by atoms with van der Waals surface area (Å²) >= 11 is 0. The Morgan fingerprint density at radius 1 is 1.09 bits per heavy atom. The van der Waals surface area contributed by atoms with Crippen molar-refractivity contribution < 1.29 is 19.4 Å². The van der Waals surface area contributed by atoms with Gasteiger partial charge in [-0.05, 0) is 30.7 Å². The average molecular weight is 311 g/mol. The number of nitrogens with one attached hydrogen (secondary N) is 1. The third kappa shape index (κ3) is 5.67. The number of benzene rings is 2. The van der Waals surface area contributed by atoms with Gasteiger partial charge in [0, 0.05) is 5.69 Å². The zero-order valence-electron chi connectivity index (χ0n) is 12.7. The molecule has 0 unspecified atom stereocenters. The van der Waals surface area contributed by atoms with E-state index in [2.05, 4.69) is 5.32 Å². The van der Waals surface area contributed by atoms with Crippen LogP contribution in [0.15, 0.2) is 60.4 Å². The second-order valence-electron chi connectivity index (χ2n) is 4.97. The van der Waals surface area contributed by atoms with Crippen LogP contribution < -0.4 is 5.32 Å². The molecule has 0 aromatic heterocycles. The molecule has 0 spiro atoms. The molecule has 1 amide bonds. The Morgan fingerprint density at radius 2 is 1.74 bits per heavy atom. The van der Waals surface area contributed by atoms with Crippen molar-refractivity contribution in [1.29, 1.82) is 0 Å². The van der Waals surface area contributed by atoms with Gasteiger partial charge in [0.2, 0.25) is 0 Å². The number of carboxylic acid groups (broad SMARTS) is 1. The van der Waals surface area contributed by atoms with E-state index in [0.29, 0.717) is 5.69 Å². The maximum Gasteiger partial charge on any atom is 0.416 e. The van der Waals surface area contributed by atoms with Crippen molar-refractivity contribution in [3.05, 3.63) is 71.5 Å².